The van der Waals surface area contributed by atoms with E-state index in [9.17, 15) is 18.4 Å². The summed E-state index contributed by atoms with van der Waals surface area (Å²) in [5, 5.41) is 2.66. The summed E-state index contributed by atoms with van der Waals surface area (Å²) in [6.45, 7) is 2.06. The van der Waals surface area contributed by atoms with Gasteiger partial charge in [-0.2, -0.15) is 8.78 Å². The molecule has 28 heavy (non-hydrogen) atoms. The first-order chi connectivity index (χ1) is 13.1. The number of alkyl carbamates (subject to hydrolysis) is 1. The van der Waals surface area contributed by atoms with E-state index in [0.29, 0.717) is 0 Å². The van der Waals surface area contributed by atoms with Crippen molar-refractivity contribution in [1.29, 1.82) is 0 Å². The van der Waals surface area contributed by atoms with Crippen LogP contribution in [0.25, 0.3) is 0 Å². The summed E-state index contributed by atoms with van der Waals surface area (Å²) < 4.78 is 39.7. The van der Waals surface area contributed by atoms with Gasteiger partial charge in [-0.05, 0) is 32.8 Å². The molecular weight excluding hydrogens is 374 g/mol. The van der Waals surface area contributed by atoms with Gasteiger partial charge in [0, 0.05) is 6.54 Å². The maximum absolute atomic E-state index is 12.4. The number of amides is 2. The number of carbonyl (C=O) groups is 2. The highest BCUT2D eigenvalue weighted by atomic mass is 19.3. The van der Waals surface area contributed by atoms with Crippen molar-refractivity contribution in [3.05, 3.63) is 35.9 Å². The largest absolute Gasteiger partial charge is 0.445 e. The van der Waals surface area contributed by atoms with E-state index >= 15 is 0 Å². The summed E-state index contributed by atoms with van der Waals surface area (Å²) in [6.07, 6.45) is -1.03. The molecule has 2 atom stereocenters. The van der Waals surface area contributed by atoms with Gasteiger partial charge in [0.25, 0.3) is 0 Å². The normalized spacial score (nSPS) is 19.6. The number of hydrogen-bond acceptors (Lipinski definition) is 5. The fraction of sp³-hybridized carbons (Fsp3) is 0.579. The Morgan fingerprint density at radius 3 is 2.54 bits per heavy atom. The van der Waals surface area contributed by atoms with Crippen LogP contribution < -0.4 is 5.32 Å². The van der Waals surface area contributed by atoms with E-state index in [4.69, 9.17) is 9.47 Å². The zero-order chi connectivity index (χ0) is 20.7. The number of carbonyl (C=O) groups excluding carboxylic acids is 2. The predicted octanol–water partition coefficient (Wildman–Crippen LogP) is 3.53. The first-order valence-electron chi connectivity index (χ1n) is 9.00. The molecule has 1 fully saturated rings. The summed E-state index contributed by atoms with van der Waals surface area (Å²) in [5.74, 6) is 0. The second-order valence-electron chi connectivity index (χ2n) is 7.52. The fourth-order valence-corrected chi connectivity index (χ4v) is 2.84. The average molecular weight is 400 g/mol. The van der Waals surface area contributed by atoms with E-state index in [-0.39, 0.29) is 26.2 Å². The Hall–Kier alpha value is -2.42. The Kier molecular flexibility index (Phi) is 7.56. The second kappa shape index (κ2) is 9.68. The maximum atomic E-state index is 12.4. The summed E-state index contributed by atoms with van der Waals surface area (Å²) in [4.78, 5) is 25.7. The lowest BCUT2D eigenvalue weighted by Crippen LogP contribution is -2.43. The minimum absolute atomic E-state index is 0.104. The van der Waals surface area contributed by atoms with Gasteiger partial charge in [-0.3, -0.25) is 0 Å². The number of likely N-dealkylation sites (tertiary alicyclic amines) is 1. The van der Waals surface area contributed by atoms with Crippen LogP contribution in [0.3, 0.4) is 0 Å². The van der Waals surface area contributed by atoms with Crippen LogP contribution in [0.4, 0.5) is 18.4 Å². The van der Waals surface area contributed by atoms with Crippen molar-refractivity contribution in [2.75, 3.05) is 13.2 Å². The van der Waals surface area contributed by atoms with Gasteiger partial charge in [-0.1, -0.05) is 30.3 Å². The SMILES string of the molecule is CC(C)(C)OC(=O)N1C[C@@H](NC(=O)OCc2ccccc2)C[C@H]1COC(F)F. The number of alkyl halides is 2. The van der Waals surface area contributed by atoms with Crippen molar-refractivity contribution in [2.45, 2.75) is 58.1 Å². The predicted molar refractivity (Wildman–Crippen MR) is 96.9 cm³/mol. The molecule has 1 aliphatic rings. The lowest BCUT2D eigenvalue weighted by molar-refractivity contribution is -0.138. The van der Waals surface area contributed by atoms with E-state index in [0.717, 1.165) is 5.56 Å². The van der Waals surface area contributed by atoms with E-state index in [1.807, 2.05) is 30.3 Å². The Labute approximate surface area is 162 Å². The average Bonchev–Trinajstić information content (AvgIpc) is 3.00. The van der Waals surface area contributed by atoms with Gasteiger partial charge in [0.1, 0.15) is 12.2 Å². The maximum Gasteiger partial charge on any atom is 0.410 e. The number of nitrogens with one attached hydrogen (secondary N) is 1. The van der Waals surface area contributed by atoms with E-state index < -0.39 is 36.5 Å². The minimum atomic E-state index is -2.94. The number of benzene rings is 1. The topological polar surface area (TPSA) is 77.1 Å². The number of ether oxygens (including phenoxy) is 3. The smallest absolute Gasteiger partial charge is 0.410 e. The van der Waals surface area contributed by atoms with E-state index in [2.05, 4.69) is 10.1 Å². The lowest BCUT2D eigenvalue weighted by atomic mass is 10.2. The van der Waals surface area contributed by atoms with Crippen molar-refractivity contribution in [2.24, 2.45) is 0 Å². The van der Waals surface area contributed by atoms with Crippen LogP contribution in [0, 0.1) is 0 Å². The van der Waals surface area contributed by atoms with Gasteiger partial charge < -0.3 is 24.4 Å². The zero-order valence-corrected chi connectivity index (χ0v) is 16.2. The van der Waals surface area contributed by atoms with Crippen LogP contribution in [-0.2, 0) is 20.8 Å². The Bertz CT molecular complexity index is 651. The third-order valence-electron chi connectivity index (χ3n) is 3.99. The Morgan fingerprint density at radius 1 is 1.25 bits per heavy atom. The van der Waals surface area contributed by atoms with Crippen molar-refractivity contribution in [3.8, 4) is 0 Å². The molecule has 2 amide bonds. The van der Waals surface area contributed by atoms with Crippen LogP contribution in [-0.4, -0.2) is 54.5 Å². The van der Waals surface area contributed by atoms with Crippen LogP contribution in [0.2, 0.25) is 0 Å². The molecule has 1 aromatic rings. The van der Waals surface area contributed by atoms with E-state index in [1.54, 1.807) is 20.8 Å². The molecule has 1 aliphatic heterocycles. The van der Waals surface area contributed by atoms with E-state index in [1.165, 1.54) is 4.90 Å². The second-order valence-corrected chi connectivity index (χ2v) is 7.52. The third kappa shape index (κ3) is 7.30. The molecule has 9 heteroatoms. The zero-order valence-electron chi connectivity index (χ0n) is 16.2. The van der Waals surface area contributed by atoms with Crippen LogP contribution in [0.5, 0.6) is 0 Å². The number of nitrogens with zero attached hydrogens (tertiary/aromatic N) is 1. The molecule has 156 valence electrons. The monoisotopic (exact) mass is 400 g/mol. The summed E-state index contributed by atoms with van der Waals surface area (Å²) >= 11 is 0. The fourth-order valence-electron chi connectivity index (χ4n) is 2.84. The van der Waals surface area contributed by atoms with Crippen LogP contribution in [0.1, 0.15) is 32.8 Å². The number of hydrogen-bond donors (Lipinski definition) is 1. The molecule has 1 heterocycles. The van der Waals surface area contributed by atoms with Crippen molar-refractivity contribution in [1.82, 2.24) is 10.2 Å². The van der Waals surface area contributed by atoms with Gasteiger partial charge in [0.15, 0.2) is 0 Å². The van der Waals surface area contributed by atoms with Gasteiger partial charge in [-0.25, -0.2) is 9.59 Å². The molecule has 0 aliphatic carbocycles. The van der Waals surface area contributed by atoms with Crippen LogP contribution >= 0.6 is 0 Å². The first kappa shape index (κ1) is 21.9. The van der Waals surface area contributed by atoms with Gasteiger partial charge in [0.05, 0.1) is 18.7 Å². The molecule has 0 bridgehead atoms. The number of rotatable bonds is 6. The molecule has 1 aromatic carbocycles. The molecule has 1 N–H and O–H groups in total. The highest BCUT2D eigenvalue weighted by Crippen LogP contribution is 2.22. The quantitative estimate of drug-likeness (QED) is 0.791. The van der Waals surface area contributed by atoms with Crippen LogP contribution in [0.15, 0.2) is 30.3 Å². The molecule has 0 spiro atoms. The molecule has 0 aromatic heterocycles. The summed E-state index contributed by atoms with van der Waals surface area (Å²) in [6, 6.07) is 8.08. The standard InChI is InChI=1S/C19H26F2N2O5/c1-19(2,3)28-18(25)23-10-14(9-15(23)12-26-16(20)21)22-17(24)27-11-13-7-5-4-6-8-13/h4-8,14-16H,9-12H2,1-3H3,(H,22,24)/t14-,15-/m0/s1. The van der Waals surface area contributed by atoms with Crippen molar-refractivity contribution >= 4 is 12.2 Å². The summed E-state index contributed by atoms with van der Waals surface area (Å²) in [7, 11) is 0. The molecule has 0 radical (unpaired) electrons. The molecular formula is C19H26F2N2O5. The Balaban J connectivity index is 1.91. The summed E-state index contributed by atoms with van der Waals surface area (Å²) in [5.41, 5.74) is 0.105. The highest BCUT2D eigenvalue weighted by Gasteiger charge is 2.39. The molecule has 2 rings (SSSR count). The van der Waals surface area contributed by atoms with Crippen molar-refractivity contribution < 1.29 is 32.6 Å². The molecule has 7 nitrogen and oxygen atoms in total. The van der Waals surface area contributed by atoms with Gasteiger partial charge in [0.2, 0.25) is 0 Å². The van der Waals surface area contributed by atoms with Crippen molar-refractivity contribution in [3.63, 3.8) is 0 Å². The molecule has 0 unspecified atom stereocenters. The van der Waals surface area contributed by atoms with Gasteiger partial charge in [-0.15, -0.1) is 0 Å². The molecule has 0 saturated carbocycles. The third-order valence-corrected chi connectivity index (χ3v) is 3.99. The molecule has 1 saturated heterocycles. The number of halogens is 2. The minimum Gasteiger partial charge on any atom is -0.445 e. The lowest BCUT2D eigenvalue weighted by Gasteiger charge is -2.28. The Morgan fingerprint density at radius 2 is 1.93 bits per heavy atom. The highest BCUT2D eigenvalue weighted by molar-refractivity contribution is 5.70. The van der Waals surface area contributed by atoms with Gasteiger partial charge >= 0.3 is 18.8 Å². The first-order valence-corrected chi connectivity index (χ1v) is 9.00.